The third-order valence-corrected chi connectivity index (χ3v) is 11.7. The summed E-state index contributed by atoms with van der Waals surface area (Å²) in [6.45, 7) is 1.88. The normalized spacial score (nSPS) is 32.0. The van der Waals surface area contributed by atoms with Gasteiger partial charge in [0, 0.05) is 60.6 Å². The molecule has 20 nitrogen and oxygen atoms in total. The summed E-state index contributed by atoms with van der Waals surface area (Å²) < 4.78 is 40.7. The van der Waals surface area contributed by atoms with Gasteiger partial charge in [0.05, 0.1) is 42.0 Å². The zero-order valence-electron chi connectivity index (χ0n) is 31.9. The summed E-state index contributed by atoms with van der Waals surface area (Å²) in [6.07, 6.45) is -16.3. The maximum absolute atomic E-state index is 13.9. The van der Waals surface area contributed by atoms with Crippen molar-refractivity contribution in [2.75, 3.05) is 52.6 Å². The van der Waals surface area contributed by atoms with Crippen LogP contribution in [-0.4, -0.2) is 172 Å². The Morgan fingerprint density at radius 2 is 1.28 bits per heavy atom. The maximum Gasteiger partial charge on any atom is 0.340 e. The molecule has 1 spiro atoms. The van der Waals surface area contributed by atoms with Gasteiger partial charge in [0.15, 0.2) is 5.60 Å². The minimum atomic E-state index is -1.86. The lowest BCUT2D eigenvalue weighted by Crippen LogP contribution is -2.60. The molecule has 0 radical (unpaired) electrons. The number of halogens is 2. The fourth-order valence-corrected chi connectivity index (χ4v) is 8.25. The first-order valence-corrected chi connectivity index (χ1v) is 20.0. The van der Waals surface area contributed by atoms with E-state index in [1.807, 2.05) is 5.01 Å². The van der Waals surface area contributed by atoms with Crippen molar-refractivity contribution in [3.63, 3.8) is 0 Å². The van der Waals surface area contributed by atoms with Crippen LogP contribution in [0.15, 0.2) is 42.5 Å². The Hall–Kier alpha value is -3.94. The van der Waals surface area contributed by atoms with Gasteiger partial charge in [-0.3, -0.25) is 10.2 Å². The quantitative estimate of drug-likeness (QED) is 0.0773. The predicted molar refractivity (Wildman–Crippen MR) is 206 cm³/mol. The molecule has 5 heterocycles. The molecule has 10 N–H and O–H groups in total. The van der Waals surface area contributed by atoms with Gasteiger partial charge < -0.3 is 79.3 Å². The number of carbonyl (C=O) groups excluding carboxylic acids is 2. The molecule has 7 unspecified atom stereocenters. The van der Waals surface area contributed by atoms with Gasteiger partial charge in [0.25, 0.3) is 5.91 Å². The van der Waals surface area contributed by atoms with Crippen molar-refractivity contribution in [2.24, 2.45) is 0 Å². The molecule has 5 aliphatic rings. The zero-order chi connectivity index (χ0) is 43.3. The molecule has 22 heteroatoms. The molecular formula is C39H43Cl2N3O17. The number of fused-ring (bicyclic) bond motifs is 6. The molecule has 3 aromatic carbocycles. The molecule has 8 rings (SSSR count). The summed E-state index contributed by atoms with van der Waals surface area (Å²) in [5, 5.41) is 86.7. The number of hydrazine groups is 1. The van der Waals surface area contributed by atoms with Crippen LogP contribution >= 0.6 is 23.2 Å². The van der Waals surface area contributed by atoms with Crippen molar-refractivity contribution in [1.29, 1.82) is 0 Å². The fraction of sp³-hybridized carbons (Fsp3) is 0.487. The van der Waals surface area contributed by atoms with E-state index in [9.17, 15) is 50.4 Å². The molecule has 0 bridgehead atoms. The molecule has 5 aliphatic heterocycles. The highest BCUT2D eigenvalue weighted by molar-refractivity contribution is 6.32. The maximum atomic E-state index is 13.9. The Labute approximate surface area is 356 Å². The van der Waals surface area contributed by atoms with E-state index in [0.29, 0.717) is 32.8 Å². The van der Waals surface area contributed by atoms with Gasteiger partial charge in [0.1, 0.15) is 71.8 Å². The predicted octanol–water partition coefficient (Wildman–Crippen LogP) is -1.51. The first kappa shape index (κ1) is 43.7. The van der Waals surface area contributed by atoms with Crippen LogP contribution in [-0.2, 0) is 24.5 Å². The Bertz CT molecular complexity index is 2050. The number of nitrogens with zero attached hydrogens (tertiary/aromatic N) is 1. The smallest absolute Gasteiger partial charge is 0.340 e. The Morgan fingerprint density at radius 3 is 1.80 bits per heavy atom. The number of morpholine rings is 1. The van der Waals surface area contributed by atoms with E-state index >= 15 is 0 Å². The van der Waals surface area contributed by atoms with Crippen LogP contribution in [0.4, 0.5) is 0 Å². The minimum absolute atomic E-state index is 0.0217. The SMILES string of the molecule is O=C(NCCNN1CCOCC1)c1ccc2c(c1)C(=O)OC21c2cc(Cl)c(O[C@H]3OC(CO)[C@@H](O)C(O)C3O)cc2Oc2cc(O[C@@H]3OC(CO)[C@H](O)C(O)C3O)c(Cl)cc21. The summed E-state index contributed by atoms with van der Waals surface area (Å²) in [6, 6.07) is 9.76. The highest BCUT2D eigenvalue weighted by Gasteiger charge is 2.55. The van der Waals surface area contributed by atoms with E-state index in [2.05, 4.69) is 10.7 Å². The molecule has 0 aliphatic carbocycles. The van der Waals surface area contributed by atoms with Crippen LogP contribution in [0.3, 0.4) is 0 Å². The summed E-state index contributed by atoms with van der Waals surface area (Å²) in [5.41, 5.74) is 2.12. The Balaban J connectivity index is 1.15. The highest BCUT2D eigenvalue weighted by atomic mass is 35.5. The van der Waals surface area contributed by atoms with E-state index in [1.165, 1.54) is 36.4 Å². The topological polar surface area (TPSA) is 288 Å². The monoisotopic (exact) mass is 895 g/mol. The molecule has 3 fully saturated rings. The second kappa shape index (κ2) is 17.7. The summed E-state index contributed by atoms with van der Waals surface area (Å²) in [5.74, 6) is -1.69. The largest absolute Gasteiger partial charge is 0.460 e. The summed E-state index contributed by atoms with van der Waals surface area (Å²) >= 11 is 13.6. The first-order chi connectivity index (χ1) is 29.2. The van der Waals surface area contributed by atoms with Gasteiger partial charge in [-0.25, -0.2) is 9.80 Å². The van der Waals surface area contributed by atoms with Gasteiger partial charge in [-0.1, -0.05) is 29.3 Å². The number of aliphatic hydroxyl groups excluding tert-OH is 8. The number of rotatable bonds is 11. The number of hydrogen-bond donors (Lipinski definition) is 10. The molecule has 3 saturated heterocycles. The van der Waals surface area contributed by atoms with Gasteiger partial charge in [-0.2, -0.15) is 0 Å². The molecule has 0 saturated carbocycles. The average molecular weight is 897 g/mol. The van der Waals surface area contributed by atoms with Crippen molar-refractivity contribution >= 4 is 35.1 Å². The summed E-state index contributed by atoms with van der Waals surface area (Å²) in [7, 11) is 0. The zero-order valence-corrected chi connectivity index (χ0v) is 33.4. The number of amides is 1. The molecule has 61 heavy (non-hydrogen) atoms. The van der Waals surface area contributed by atoms with Crippen LogP contribution in [0.1, 0.15) is 37.4 Å². The number of esters is 1. The van der Waals surface area contributed by atoms with Gasteiger partial charge in [0.2, 0.25) is 12.6 Å². The van der Waals surface area contributed by atoms with Crippen LogP contribution in [0.5, 0.6) is 23.0 Å². The van der Waals surface area contributed by atoms with Crippen molar-refractivity contribution < 1.29 is 83.6 Å². The fourth-order valence-electron chi connectivity index (χ4n) is 7.84. The number of nitrogens with one attached hydrogen (secondary N) is 2. The molecular weight excluding hydrogens is 853 g/mol. The Morgan fingerprint density at radius 1 is 0.738 bits per heavy atom. The first-order valence-electron chi connectivity index (χ1n) is 19.3. The second-order valence-corrected chi connectivity index (χ2v) is 15.7. The number of ether oxygens (including phenoxy) is 7. The van der Waals surface area contributed by atoms with Crippen molar-refractivity contribution in [2.45, 2.75) is 67.0 Å². The average Bonchev–Trinajstić information content (AvgIpc) is 3.55. The lowest BCUT2D eigenvalue weighted by molar-refractivity contribution is -0.277. The van der Waals surface area contributed by atoms with Crippen LogP contribution in [0.25, 0.3) is 0 Å². The number of benzene rings is 3. The second-order valence-electron chi connectivity index (χ2n) is 14.9. The van der Waals surface area contributed by atoms with E-state index in [0.717, 1.165) is 0 Å². The van der Waals surface area contributed by atoms with Gasteiger partial charge in [-0.05, 0) is 24.3 Å². The van der Waals surface area contributed by atoms with Crippen LogP contribution < -0.4 is 25.0 Å². The van der Waals surface area contributed by atoms with E-state index < -0.39 is 92.1 Å². The van der Waals surface area contributed by atoms with E-state index in [1.54, 1.807) is 6.07 Å². The Kier molecular flexibility index (Phi) is 12.7. The highest BCUT2D eigenvalue weighted by Crippen LogP contribution is 2.59. The van der Waals surface area contributed by atoms with Gasteiger partial charge in [-0.15, -0.1) is 0 Å². The third kappa shape index (κ3) is 8.01. The van der Waals surface area contributed by atoms with Crippen LogP contribution in [0.2, 0.25) is 10.0 Å². The minimum Gasteiger partial charge on any atom is -0.460 e. The van der Waals surface area contributed by atoms with Crippen molar-refractivity contribution in [3.8, 4) is 23.0 Å². The third-order valence-electron chi connectivity index (χ3n) is 11.1. The van der Waals surface area contributed by atoms with Crippen molar-refractivity contribution in [1.82, 2.24) is 15.8 Å². The standard InChI is InChI=1S/C39H43Cl2N3O17/c40-21-10-19-23(12-25(21)57-37-33(51)31(49)29(47)27(14-45)59-37)56-24-13-26(58-38-34(52)32(50)30(48)28(15-46)60-38)22(41)11-20(24)39(19)18-2-1-16(9-17(18)36(54)61-39)35(53)42-3-4-43-44-5-7-55-8-6-44/h1-2,9-13,27-34,37-38,43,45-52H,3-8,14-15H2,(H,42,53)/t27?,28?,29-,30+,31?,32?,33?,34?,37+,38-,39?. The lowest BCUT2D eigenvalue weighted by atomic mass is 9.77. The molecule has 330 valence electrons. The van der Waals surface area contributed by atoms with Crippen molar-refractivity contribution in [3.05, 3.63) is 80.3 Å². The van der Waals surface area contributed by atoms with E-state index in [4.69, 9.17) is 56.4 Å². The number of aliphatic hydroxyl groups is 8. The molecule has 0 aromatic heterocycles. The molecule has 1 amide bonds. The number of carbonyl (C=O) groups is 2. The lowest BCUT2D eigenvalue weighted by Gasteiger charge is -2.40. The van der Waals surface area contributed by atoms with Gasteiger partial charge >= 0.3 is 5.97 Å². The molecule has 11 atom stereocenters. The van der Waals surface area contributed by atoms with E-state index in [-0.39, 0.29) is 67.4 Å². The summed E-state index contributed by atoms with van der Waals surface area (Å²) in [4.78, 5) is 27.3. The number of hydrogen-bond acceptors (Lipinski definition) is 19. The molecule has 3 aromatic rings. The van der Waals surface area contributed by atoms with Crippen LogP contribution in [0, 0.1) is 0 Å².